The molecule has 5 heteroatoms. The molecule has 0 aromatic heterocycles. The van der Waals surface area contributed by atoms with Gasteiger partial charge in [-0.25, -0.2) is 0 Å². The first-order valence-electron chi connectivity index (χ1n) is 6.26. The maximum absolute atomic E-state index is 11.6. The molecular weight excluding hydrogens is 310 g/mol. The molecule has 19 heavy (non-hydrogen) atoms. The molecule has 0 saturated carbocycles. The number of hydrogen-bond acceptors (Lipinski definition) is 3. The minimum Gasteiger partial charge on any atom is -0.497 e. The molecule has 1 aromatic rings. The van der Waals surface area contributed by atoms with Gasteiger partial charge in [0.2, 0.25) is 0 Å². The summed E-state index contributed by atoms with van der Waals surface area (Å²) >= 11 is 3.37. The fourth-order valence-corrected chi connectivity index (χ4v) is 1.89. The molecule has 0 unspecified atom stereocenters. The number of methoxy groups -OCH3 is 1. The van der Waals surface area contributed by atoms with Crippen LogP contribution in [0.5, 0.6) is 11.5 Å². The third-order valence-corrected chi connectivity index (χ3v) is 3.16. The monoisotopic (exact) mass is 329 g/mol. The van der Waals surface area contributed by atoms with Gasteiger partial charge in [-0.3, -0.25) is 4.79 Å². The fourth-order valence-electron chi connectivity index (χ4n) is 1.42. The lowest BCUT2D eigenvalue weighted by Gasteiger charge is -2.10. The van der Waals surface area contributed by atoms with Crippen molar-refractivity contribution < 1.29 is 14.3 Å². The number of nitrogens with one attached hydrogen (secondary N) is 1. The highest BCUT2D eigenvalue weighted by Crippen LogP contribution is 2.28. The zero-order chi connectivity index (χ0) is 14.3. The largest absolute Gasteiger partial charge is 0.497 e. The lowest BCUT2D eigenvalue weighted by Crippen LogP contribution is -2.30. The van der Waals surface area contributed by atoms with Gasteiger partial charge >= 0.3 is 0 Å². The van der Waals surface area contributed by atoms with E-state index in [4.69, 9.17) is 9.47 Å². The molecule has 0 spiro atoms. The maximum atomic E-state index is 11.6. The van der Waals surface area contributed by atoms with E-state index < -0.39 is 0 Å². The highest BCUT2D eigenvalue weighted by atomic mass is 79.9. The van der Waals surface area contributed by atoms with Gasteiger partial charge < -0.3 is 14.8 Å². The molecule has 0 bridgehead atoms. The van der Waals surface area contributed by atoms with Crippen molar-refractivity contribution in [1.29, 1.82) is 0 Å². The highest BCUT2D eigenvalue weighted by molar-refractivity contribution is 9.10. The van der Waals surface area contributed by atoms with E-state index in [0.717, 1.165) is 16.6 Å². The summed E-state index contributed by atoms with van der Waals surface area (Å²) in [7, 11) is 1.60. The topological polar surface area (TPSA) is 47.6 Å². The molecule has 1 rings (SSSR count). The quantitative estimate of drug-likeness (QED) is 0.836. The predicted octanol–water partition coefficient (Wildman–Crippen LogP) is 3.00. The molecule has 0 aliphatic carbocycles. The number of hydrogen-bond donors (Lipinski definition) is 1. The van der Waals surface area contributed by atoms with Crippen LogP contribution in [-0.2, 0) is 4.79 Å². The number of benzene rings is 1. The summed E-state index contributed by atoms with van der Waals surface area (Å²) in [6, 6.07) is 5.35. The van der Waals surface area contributed by atoms with Crippen LogP contribution in [0.3, 0.4) is 0 Å². The summed E-state index contributed by atoms with van der Waals surface area (Å²) in [4.78, 5) is 11.6. The van der Waals surface area contributed by atoms with Gasteiger partial charge in [0.05, 0.1) is 11.6 Å². The van der Waals surface area contributed by atoms with E-state index in [0.29, 0.717) is 18.2 Å². The van der Waals surface area contributed by atoms with Crippen molar-refractivity contribution >= 4 is 21.8 Å². The first-order valence-corrected chi connectivity index (χ1v) is 7.05. The van der Waals surface area contributed by atoms with Crippen molar-refractivity contribution in [1.82, 2.24) is 5.32 Å². The Kier molecular flexibility index (Phi) is 6.70. The predicted molar refractivity (Wildman–Crippen MR) is 78.7 cm³/mol. The van der Waals surface area contributed by atoms with Crippen LogP contribution in [-0.4, -0.2) is 26.2 Å². The van der Waals surface area contributed by atoms with Gasteiger partial charge in [0.1, 0.15) is 11.5 Å². The molecular formula is C14H20BrNO3. The smallest absolute Gasteiger partial charge is 0.257 e. The second-order valence-corrected chi connectivity index (χ2v) is 5.47. The van der Waals surface area contributed by atoms with Crippen molar-refractivity contribution in [2.45, 2.75) is 20.3 Å². The first-order chi connectivity index (χ1) is 9.02. The average molecular weight is 330 g/mol. The summed E-state index contributed by atoms with van der Waals surface area (Å²) in [5.74, 6) is 1.83. The molecule has 1 N–H and O–H groups in total. The zero-order valence-corrected chi connectivity index (χ0v) is 13.1. The Balaban J connectivity index is 2.37. The lowest BCUT2D eigenvalue weighted by atomic mass is 10.1. The van der Waals surface area contributed by atoms with Gasteiger partial charge in [-0.2, -0.15) is 0 Å². The minimum atomic E-state index is -0.108. The molecule has 0 aliphatic rings. The van der Waals surface area contributed by atoms with E-state index in [9.17, 15) is 4.79 Å². The van der Waals surface area contributed by atoms with E-state index in [1.807, 2.05) is 0 Å². The summed E-state index contributed by atoms with van der Waals surface area (Å²) in [5.41, 5.74) is 0. The van der Waals surface area contributed by atoms with Gasteiger partial charge in [-0.05, 0) is 46.5 Å². The normalized spacial score (nSPS) is 10.4. The number of amides is 1. The Morgan fingerprint density at radius 2 is 2.16 bits per heavy atom. The zero-order valence-electron chi connectivity index (χ0n) is 11.5. The van der Waals surface area contributed by atoms with Crippen molar-refractivity contribution in [3.63, 3.8) is 0 Å². The van der Waals surface area contributed by atoms with Crippen LogP contribution >= 0.6 is 15.9 Å². The summed E-state index contributed by atoms with van der Waals surface area (Å²) in [6.45, 7) is 4.95. The molecule has 0 saturated heterocycles. The van der Waals surface area contributed by atoms with Crippen molar-refractivity contribution in [2.75, 3.05) is 20.3 Å². The van der Waals surface area contributed by atoms with Crippen molar-refractivity contribution in [3.8, 4) is 11.5 Å². The standard InChI is InChI=1S/C14H20BrNO3/c1-10(2)6-7-16-14(17)9-19-13-5-4-11(18-3)8-12(13)15/h4-5,8,10H,6-7,9H2,1-3H3,(H,16,17). The van der Waals surface area contributed by atoms with E-state index in [2.05, 4.69) is 35.1 Å². The van der Waals surface area contributed by atoms with Crippen LogP contribution < -0.4 is 14.8 Å². The maximum Gasteiger partial charge on any atom is 0.257 e. The van der Waals surface area contributed by atoms with Gasteiger partial charge in [0.25, 0.3) is 5.91 Å². The Bertz CT molecular complexity index is 421. The number of rotatable bonds is 7. The number of halogens is 1. The summed E-state index contributed by atoms with van der Waals surface area (Å²) in [5, 5.41) is 2.82. The Labute approximate surface area is 122 Å². The molecule has 0 aliphatic heterocycles. The number of carbonyl (C=O) groups is 1. The molecule has 1 aromatic carbocycles. The van der Waals surface area contributed by atoms with Gasteiger partial charge in [0, 0.05) is 6.54 Å². The second kappa shape index (κ2) is 8.04. The third kappa shape index (κ3) is 5.96. The van der Waals surface area contributed by atoms with Crippen molar-refractivity contribution in [3.05, 3.63) is 22.7 Å². The van der Waals surface area contributed by atoms with E-state index in [1.54, 1.807) is 25.3 Å². The number of carbonyl (C=O) groups excluding carboxylic acids is 1. The van der Waals surface area contributed by atoms with Gasteiger partial charge in [-0.1, -0.05) is 13.8 Å². The lowest BCUT2D eigenvalue weighted by molar-refractivity contribution is -0.123. The fraction of sp³-hybridized carbons (Fsp3) is 0.500. The van der Waals surface area contributed by atoms with Crippen LogP contribution in [0, 0.1) is 5.92 Å². The van der Waals surface area contributed by atoms with E-state index in [-0.39, 0.29) is 12.5 Å². The van der Waals surface area contributed by atoms with E-state index in [1.165, 1.54) is 0 Å². The Morgan fingerprint density at radius 3 is 2.74 bits per heavy atom. The molecule has 0 heterocycles. The molecule has 106 valence electrons. The summed E-state index contributed by atoms with van der Waals surface area (Å²) < 4.78 is 11.3. The van der Waals surface area contributed by atoms with Crippen LogP contribution in [0.25, 0.3) is 0 Å². The molecule has 0 fully saturated rings. The molecule has 1 amide bonds. The van der Waals surface area contributed by atoms with Crippen LogP contribution in [0.1, 0.15) is 20.3 Å². The minimum absolute atomic E-state index is 0.0169. The average Bonchev–Trinajstić information content (AvgIpc) is 2.36. The molecule has 4 nitrogen and oxygen atoms in total. The van der Waals surface area contributed by atoms with E-state index >= 15 is 0 Å². The van der Waals surface area contributed by atoms with Gasteiger partial charge in [-0.15, -0.1) is 0 Å². The second-order valence-electron chi connectivity index (χ2n) is 4.62. The molecule has 0 radical (unpaired) electrons. The first kappa shape index (κ1) is 15.8. The Morgan fingerprint density at radius 1 is 1.42 bits per heavy atom. The van der Waals surface area contributed by atoms with Crippen molar-refractivity contribution in [2.24, 2.45) is 5.92 Å². The van der Waals surface area contributed by atoms with Crippen LogP contribution in [0.4, 0.5) is 0 Å². The summed E-state index contributed by atoms with van der Waals surface area (Å²) in [6.07, 6.45) is 0.970. The van der Waals surface area contributed by atoms with Crippen LogP contribution in [0.2, 0.25) is 0 Å². The van der Waals surface area contributed by atoms with Gasteiger partial charge in [0.15, 0.2) is 6.61 Å². The van der Waals surface area contributed by atoms with Crippen LogP contribution in [0.15, 0.2) is 22.7 Å². The Hall–Kier alpha value is -1.23. The third-order valence-electron chi connectivity index (χ3n) is 2.54. The highest BCUT2D eigenvalue weighted by Gasteiger charge is 2.06. The SMILES string of the molecule is COc1ccc(OCC(=O)NCCC(C)C)c(Br)c1. The number of ether oxygens (including phenoxy) is 2. The molecule has 0 atom stereocenters.